The Balaban J connectivity index is 1.93. The highest BCUT2D eigenvalue weighted by molar-refractivity contribution is 5.70. The fraction of sp³-hybridized carbons (Fsp3) is 0.588. The van der Waals surface area contributed by atoms with Gasteiger partial charge in [-0.1, -0.05) is 12.1 Å². The first kappa shape index (κ1) is 15.8. The SMILES string of the molecule is COc1ccc(CC(C)N2CCC(C(=O)O)CC2C)cc1. The lowest BCUT2D eigenvalue weighted by molar-refractivity contribution is -0.144. The van der Waals surface area contributed by atoms with E-state index in [9.17, 15) is 4.79 Å². The Morgan fingerprint density at radius 3 is 2.62 bits per heavy atom. The molecule has 3 atom stereocenters. The third-order valence-corrected chi connectivity index (χ3v) is 4.53. The Morgan fingerprint density at radius 1 is 1.43 bits per heavy atom. The molecule has 1 fully saturated rings. The lowest BCUT2D eigenvalue weighted by Gasteiger charge is -2.40. The summed E-state index contributed by atoms with van der Waals surface area (Å²) in [6.07, 6.45) is 2.49. The van der Waals surface area contributed by atoms with Crippen LogP contribution in [0.5, 0.6) is 5.75 Å². The summed E-state index contributed by atoms with van der Waals surface area (Å²) in [6.45, 7) is 5.23. The minimum absolute atomic E-state index is 0.176. The second kappa shape index (κ2) is 6.94. The largest absolute Gasteiger partial charge is 0.497 e. The molecule has 116 valence electrons. The first-order valence-corrected chi connectivity index (χ1v) is 7.62. The normalized spacial score (nSPS) is 24.5. The van der Waals surface area contributed by atoms with Gasteiger partial charge in [0, 0.05) is 12.1 Å². The number of carbonyl (C=O) groups is 1. The molecule has 21 heavy (non-hydrogen) atoms. The molecule has 1 N–H and O–H groups in total. The van der Waals surface area contributed by atoms with Gasteiger partial charge in [-0.2, -0.15) is 0 Å². The van der Waals surface area contributed by atoms with E-state index in [2.05, 4.69) is 30.9 Å². The summed E-state index contributed by atoms with van der Waals surface area (Å²) < 4.78 is 5.18. The molecule has 1 aromatic rings. The van der Waals surface area contributed by atoms with Crippen LogP contribution in [-0.4, -0.2) is 41.7 Å². The second-order valence-electron chi connectivity index (χ2n) is 6.05. The standard InChI is InChI=1S/C17H25NO3/c1-12(10-14-4-6-16(21-3)7-5-14)18-9-8-15(17(19)20)11-13(18)2/h4-7,12-13,15H,8-11H2,1-3H3,(H,19,20). The quantitative estimate of drug-likeness (QED) is 0.906. The molecule has 0 aromatic heterocycles. The maximum atomic E-state index is 11.1. The zero-order valence-corrected chi connectivity index (χ0v) is 13.1. The van der Waals surface area contributed by atoms with E-state index in [1.807, 2.05) is 12.1 Å². The Bertz CT molecular complexity index is 471. The third-order valence-electron chi connectivity index (χ3n) is 4.53. The van der Waals surface area contributed by atoms with E-state index < -0.39 is 5.97 Å². The third kappa shape index (κ3) is 3.97. The average molecular weight is 291 g/mol. The van der Waals surface area contributed by atoms with Gasteiger partial charge >= 0.3 is 5.97 Å². The highest BCUT2D eigenvalue weighted by atomic mass is 16.5. The van der Waals surface area contributed by atoms with Crippen LogP contribution >= 0.6 is 0 Å². The molecule has 1 heterocycles. The van der Waals surface area contributed by atoms with Crippen LogP contribution in [0.3, 0.4) is 0 Å². The summed E-state index contributed by atoms with van der Waals surface area (Å²) in [7, 11) is 1.67. The molecule has 0 aliphatic carbocycles. The van der Waals surface area contributed by atoms with Crippen molar-refractivity contribution in [2.24, 2.45) is 5.92 Å². The fourth-order valence-electron chi connectivity index (χ4n) is 3.29. The highest BCUT2D eigenvalue weighted by Crippen LogP contribution is 2.26. The number of aliphatic carboxylic acids is 1. The van der Waals surface area contributed by atoms with Gasteiger partial charge in [0.05, 0.1) is 13.0 Å². The van der Waals surface area contributed by atoms with E-state index >= 15 is 0 Å². The number of methoxy groups -OCH3 is 1. The monoisotopic (exact) mass is 291 g/mol. The van der Waals surface area contributed by atoms with Crippen molar-refractivity contribution in [3.63, 3.8) is 0 Å². The molecule has 1 aromatic carbocycles. The van der Waals surface area contributed by atoms with E-state index in [1.54, 1.807) is 7.11 Å². The van der Waals surface area contributed by atoms with Crippen molar-refractivity contribution in [1.29, 1.82) is 0 Å². The van der Waals surface area contributed by atoms with Crippen LogP contribution in [0.1, 0.15) is 32.3 Å². The molecule has 0 bridgehead atoms. The summed E-state index contributed by atoms with van der Waals surface area (Å²) in [6, 6.07) is 8.93. The summed E-state index contributed by atoms with van der Waals surface area (Å²) in [5.41, 5.74) is 1.29. The van der Waals surface area contributed by atoms with Crippen molar-refractivity contribution in [2.45, 2.75) is 45.2 Å². The van der Waals surface area contributed by atoms with Crippen molar-refractivity contribution >= 4 is 5.97 Å². The lowest BCUT2D eigenvalue weighted by atomic mass is 9.90. The fourth-order valence-corrected chi connectivity index (χ4v) is 3.29. The van der Waals surface area contributed by atoms with Gasteiger partial charge in [0.25, 0.3) is 0 Å². The van der Waals surface area contributed by atoms with Gasteiger partial charge in [-0.05, 0) is 57.4 Å². The number of benzene rings is 1. The van der Waals surface area contributed by atoms with Crippen LogP contribution in [0.25, 0.3) is 0 Å². The molecular formula is C17H25NO3. The van der Waals surface area contributed by atoms with E-state index in [4.69, 9.17) is 9.84 Å². The molecular weight excluding hydrogens is 266 g/mol. The Morgan fingerprint density at radius 2 is 2.10 bits per heavy atom. The number of carboxylic acids is 1. The Labute approximate surface area is 126 Å². The number of nitrogens with zero attached hydrogens (tertiary/aromatic N) is 1. The van der Waals surface area contributed by atoms with E-state index in [0.29, 0.717) is 12.1 Å². The number of carboxylic acid groups (broad SMARTS) is 1. The Kier molecular flexibility index (Phi) is 5.23. The van der Waals surface area contributed by atoms with Crippen LogP contribution in [0.4, 0.5) is 0 Å². The number of likely N-dealkylation sites (tertiary alicyclic amines) is 1. The number of rotatable bonds is 5. The van der Waals surface area contributed by atoms with E-state index in [1.165, 1.54) is 5.56 Å². The Hall–Kier alpha value is -1.55. The van der Waals surface area contributed by atoms with Gasteiger partial charge in [-0.3, -0.25) is 9.69 Å². The highest BCUT2D eigenvalue weighted by Gasteiger charge is 2.31. The minimum atomic E-state index is -0.649. The van der Waals surface area contributed by atoms with Crippen LogP contribution in [0.2, 0.25) is 0 Å². The zero-order chi connectivity index (χ0) is 15.4. The smallest absolute Gasteiger partial charge is 0.306 e. The number of hydrogen-bond donors (Lipinski definition) is 1. The number of ether oxygens (including phenoxy) is 1. The maximum absolute atomic E-state index is 11.1. The number of hydrogen-bond acceptors (Lipinski definition) is 3. The first-order valence-electron chi connectivity index (χ1n) is 7.62. The summed E-state index contributed by atoms with van der Waals surface area (Å²) in [4.78, 5) is 13.5. The van der Waals surface area contributed by atoms with Gasteiger partial charge in [0.15, 0.2) is 0 Å². The summed E-state index contributed by atoms with van der Waals surface area (Å²) in [5.74, 6) is 0.0517. The van der Waals surface area contributed by atoms with Gasteiger partial charge in [-0.15, -0.1) is 0 Å². The molecule has 0 radical (unpaired) electrons. The molecule has 2 rings (SSSR count). The van der Waals surface area contributed by atoms with Gasteiger partial charge in [0.2, 0.25) is 0 Å². The molecule has 0 spiro atoms. The minimum Gasteiger partial charge on any atom is -0.497 e. The molecule has 3 unspecified atom stereocenters. The second-order valence-corrected chi connectivity index (χ2v) is 6.05. The van der Waals surface area contributed by atoms with Crippen molar-refractivity contribution < 1.29 is 14.6 Å². The van der Waals surface area contributed by atoms with Gasteiger partial charge in [-0.25, -0.2) is 0 Å². The van der Waals surface area contributed by atoms with Crippen LogP contribution in [-0.2, 0) is 11.2 Å². The zero-order valence-electron chi connectivity index (χ0n) is 13.1. The molecule has 1 aliphatic rings. The summed E-state index contributed by atoms with van der Waals surface area (Å²) in [5, 5.41) is 9.14. The van der Waals surface area contributed by atoms with Crippen molar-refractivity contribution in [2.75, 3.05) is 13.7 Å². The van der Waals surface area contributed by atoms with Crippen molar-refractivity contribution in [1.82, 2.24) is 4.90 Å². The predicted octanol–water partition coefficient (Wildman–Crippen LogP) is 2.81. The van der Waals surface area contributed by atoms with Crippen LogP contribution in [0.15, 0.2) is 24.3 Å². The average Bonchev–Trinajstić information content (AvgIpc) is 2.47. The maximum Gasteiger partial charge on any atom is 0.306 e. The molecule has 0 amide bonds. The topological polar surface area (TPSA) is 49.8 Å². The van der Waals surface area contributed by atoms with E-state index in [-0.39, 0.29) is 5.92 Å². The van der Waals surface area contributed by atoms with Crippen molar-refractivity contribution in [3.8, 4) is 5.75 Å². The number of piperidine rings is 1. The molecule has 1 saturated heterocycles. The van der Waals surface area contributed by atoms with Crippen LogP contribution < -0.4 is 4.74 Å². The molecule has 0 saturated carbocycles. The first-order chi connectivity index (χ1) is 10.0. The van der Waals surface area contributed by atoms with Crippen LogP contribution in [0, 0.1) is 5.92 Å². The van der Waals surface area contributed by atoms with Crippen molar-refractivity contribution in [3.05, 3.63) is 29.8 Å². The lowest BCUT2D eigenvalue weighted by Crippen LogP contribution is -2.47. The van der Waals surface area contributed by atoms with Gasteiger partial charge in [0.1, 0.15) is 5.75 Å². The summed E-state index contributed by atoms with van der Waals surface area (Å²) >= 11 is 0. The molecule has 4 heteroatoms. The molecule has 1 aliphatic heterocycles. The van der Waals surface area contributed by atoms with Gasteiger partial charge < -0.3 is 9.84 Å². The van der Waals surface area contributed by atoms with E-state index in [0.717, 1.165) is 31.6 Å². The predicted molar refractivity (Wildman–Crippen MR) is 82.7 cm³/mol. The molecule has 4 nitrogen and oxygen atoms in total.